The molecule has 2 aromatic carbocycles. The van der Waals surface area contributed by atoms with Crippen LogP contribution in [0.15, 0.2) is 70.6 Å². The van der Waals surface area contributed by atoms with Crippen LogP contribution in [-0.2, 0) is 4.79 Å². The third-order valence-corrected chi connectivity index (χ3v) is 5.65. The summed E-state index contributed by atoms with van der Waals surface area (Å²) in [6.45, 7) is 0. The van der Waals surface area contributed by atoms with Crippen LogP contribution >= 0.6 is 27.7 Å². The lowest BCUT2D eigenvalue weighted by atomic mass is 10.2. The molecule has 0 aliphatic carbocycles. The summed E-state index contributed by atoms with van der Waals surface area (Å²) in [4.78, 5) is 29.8. The van der Waals surface area contributed by atoms with Gasteiger partial charge < -0.3 is 10.1 Å². The fraction of sp³-hybridized carbons (Fsp3) is 0.0952. The highest BCUT2D eigenvalue weighted by molar-refractivity contribution is 9.10. The Balaban J connectivity index is 1.49. The zero-order valence-corrected chi connectivity index (χ0v) is 18.3. The Morgan fingerprint density at radius 2 is 1.97 bits per heavy atom. The van der Waals surface area contributed by atoms with Crippen molar-refractivity contribution in [3.05, 3.63) is 65.5 Å². The fourth-order valence-electron chi connectivity index (χ4n) is 2.72. The van der Waals surface area contributed by atoms with Gasteiger partial charge in [0.2, 0.25) is 5.91 Å². The third kappa shape index (κ3) is 4.74. The van der Waals surface area contributed by atoms with Crippen molar-refractivity contribution in [1.29, 1.82) is 0 Å². The summed E-state index contributed by atoms with van der Waals surface area (Å²) in [6, 6.07) is 14.9. The zero-order valence-electron chi connectivity index (χ0n) is 15.9. The van der Waals surface area contributed by atoms with Crippen LogP contribution in [0.25, 0.3) is 22.4 Å². The highest BCUT2D eigenvalue weighted by Crippen LogP contribution is 2.26. The molecule has 4 aromatic rings. The molecule has 0 saturated carbocycles. The molecule has 0 unspecified atom stereocenters. The molecule has 30 heavy (non-hydrogen) atoms. The van der Waals surface area contributed by atoms with Crippen LogP contribution in [0.1, 0.15) is 0 Å². The summed E-state index contributed by atoms with van der Waals surface area (Å²) in [5.74, 6) is 1.41. The maximum absolute atomic E-state index is 12.3. The van der Waals surface area contributed by atoms with Gasteiger partial charge in [0.25, 0.3) is 0 Å². The number of hydrogen-bond donors (Lipinski definition) is 1. The number of carbonyl (C=O) groups is 1. The van der Waals surface area contributed by atoms with Gasteiger partial charge in [0, 0.05) is 21.9 Å². The topological polar surface area (TPSA) is 89.9 Å². The molecule has 2 heterocycles. The predicted octanol–water partition coefficient (Wildman–Crippen LogP) is 4.59. The molecule has 2 aromatic heterocycles. The number of anilines is 1. The average Bonchev–Trinajstić information content (AvgIpc) is 2.77. The Morgan fingerprint density at radius 3 is 2.73 bits per heavy atom. The summed E-state index contributed by atoms with van der Waals surface area (Å²) in [5, 5.41) is 4.23. The number of aromatic nitrogens is 4. The number of carbonyl (C=O) groups excluding carboxylic acids is 1. The summed E-state index contributed by atoms with van der Waals surface area (Å²) in [5.41, 5.74) is 2.12. The maximum Gasteiger partial charge on any atom is 0.234 e. The minimum Gasteiger partial charge on any atom is -0.497 e. The number of benzene rings is 2. The summed E-state index contributed by atoms with van der Waals surface area (Å²) in [7, 11) is 1.62. The van der Waals surface area contributed by atoms with E-state index < -0.39 is 0 Å². The first-order chi connectivity index (χ1) is 14.6. The van der Waals surface area contributed by atoms with Crippen LogP contribution in [0, 0.1) is 0 Å². The smallest absolute Gasteiger partial charge is 0.234 e. The standard InChI is InChI=1S/C21H16BrN5O2S/c1-29-16-7-5-13(6-8-16)19-23-10-17-20(27-19)24-12-25-21(17)30-11-18(28)26-15-4-2-3-14(22)9-15/h2-10,12H,11H2,1H3,(H,26,28). The predicted molar refractivity (Wildman–Crippen MR) is 121 cm³/mol. The van der Waals surface area contributed by atoms with Crippen molar-refractivity contribution in [2.75, 3.05) is 18.2 Å². The van der Waals surface area contributed by atoms with Crippen molar-refractivity contribution >= 4 is 50.3 Å². The van der Waals surface area contributed by atoms with Gasteiger partial charge in [0.1, 0.15) is 17.1 Å². The molecule has 0 bridgehead atoms. The molecule has 1 amide bonds. The number of thioether (sulfide) groups is 1. The molecule has 0 atom stereocenters. The second kappa shape index (κ2) is 9.19. The van der Waals surface area contributed by atoms with Gasteiger partial charge in [-0.05, 0) is 42.5 Å². The molecule has 0 saturated heterocycles. The second-order valence-electron chi connectivity index (χ2n) is 6.19. The van der Waals surface area contributed by atoms with Crippen LogP contribution in [-0.4, -0.2) is 38.7 Å². The first kappa shape index (κ1) is 20.2. The van der Waals surface area contributed by atoms with Crippen LogP contribution < -0.4 is 10.1 Å². The number of methoxy groups -OCH3 is 1. The Bertz CT molecular complexity index is 1200. The van der Waals surface area contributed by atoms with E-state index in [0.29, 0.717) is 21.9 Å². The Morgan fingerprint density at radius 1 is 1.13 bits per heavy atom. The first-order valence-corrected chi connectivity index (χ1v) is 10.7. The number of hydrogen-bond acceptors (Lipinski definition) is 7. The monoisotopic (exact) mass is 481 g/mol. The molecule has 4 rings (SSSR count). The molecule has 1 N–H and O–H groups in total. The van der Waals surface area contributed by atoms with Gasteiger partial charge in [0.15, 0.2) is 11.5 Å². The number of ether oxygens (including phenoxy) is 1. The van der Waals surface area contributed by atoms with E-state index in [-0.39, 0.29) is 11.7 Å². The van der Waals surface area contributed by atoms with Crippen molar-refractivity contribution in [3.8, 4) is 17.1 Å². The number of rotatable bonds is 6. The SMILES string of the molecule is COc1ccc(-c2ncc3c(SCC(=O)Nc4cccc(Br)c4)ncnc3n2)cc1. The number of fused-ring (bicyclic) bond motifs is 1. The van der Waals surface area contributed by atoms with E-state index in [1.54, 1.807) is 13.3 Å². The molecule has 0 radical (unpaired) electrons. The van der Waals surface area contributed by atoms with Gasteiger partial charge in [-0.1, -0.05) is 33.8 Å². The first-order valence-electron chi connectivity index (χ1n) is 8.93. The van der Waals surface area contributed by atoms with Crippen molar-refractivity contribution in [2.45, 2.75) is 5.03 Å². The van der Waals surface area contributed by atoms with E-state index in [9.17, 15) is 4.79 Å². The molecule has 0 spiro atoms. The fourth-order valence-corrected chi connectivity index (χ4v) is 3.88. The molecule has 150 valence electrons. The van der Waals surface area contributed by atoms with Gasteiger partial charge in [-0.3, -0.25) is 4.79 Å². The lowest BCUT2D eigenvalue weighted by molar-refractivity contribution is -0.113. The van der Waals surface area contributed by atoms with E-state index in [1.165, 1.54) is 18.1 Å². The minimum absolute atomic E-state index is 0.124. The van der Waals surface area contributed by atoms with Crippen LogP contribution in [0.3, 0.4) is 0 Å². The molecular weight excluding hydrogens is 466 g/mol. The zero-order chi connectivity index (χ0) is 20.9. The molecule has 9 heteroatoms. The lowest BCUT2D eigenvalue weighted by Crippen LogP contribution is -2.14. The minimum atomic E-state index is -0.124. The lowest BCUT2D eigenvalue weighted by Gasteiger charge is -2.07. The number of nitrogens with zero attached hydrogens (tertiary/aromatic N) is 4. The van der Waals surface area contributed by atoms with Crippen molar-refractivity contribution < 1.29 is 9.53 Å². The number of nitrogens with one attached hydrogen (secondary N) is 1. The van der Waals surface area contributed by atoms with Gasteiger partial charge in [-0.25, -0.2) is 19.9 Å². The average molecular weight is 482 g/mol. The number of amides is 1. The third-order valence-electron chi connectivity index (χ3n) is 4.15. The van der Waals surface area contributed by atoms with Gasteiger partial charge in [-0.2, -0.15) is 0 Å². The Labute approximate surface area is 185 Å². The van der Waals surface area contributed by atoms with Gasteiger partial charge >= 0.3 is 0 Å². The van der Waals surface area contributed by atoms with Crippen LogP contribution in [0.2, 0.25) is 0 Å². The van der Waals surface area contributed by atoms with Crippen LogP contribution in [0.5, 0.6) is 5.75 Å². The highest BCUT2D eigenvalue weighted by atomic mass is 79.9. The Hall–Kier alpha value is -3.04. The molecule has 7 nitrogen and oxygen atoms in total. The van der Waals surface area contributed by atoms with Gasteiger partial charge in [-0.15, -0.1) is 0 Å². The quantitative estimate of drug-likeness (QED) is 0.318. The summed E-state index contributed by atoms with van der Waals surface area (Å²) in [6.07, 6.45) is 3.14. The normalized spacial score (nSPS) is 10.7. The summed E-state index contributed by atoms with van der Waals surface area (Å²) < 4.78 is 6.08. The summed E-state index contributed by atoms with van der Waals surface area (Å²) >= 11 is 4.71. The second-order valence-corrected chi connectivity index (χ2v) is 8.07. The molecule has 0 fully saturated rings. The molecule has 0 aliphatic heterocycles. The van der Waals surface area contributed by atoms with Crippen LogP contribution in [0.4, 0.5) is 5.69 Å². The van der Waals surface area contributed by atoms with Crippen molar-refractivity contribution in [1.82, 2.24) is 19.9 Å². The van der Waals surface area contributed by atoms with Crippen molar-refractivity contribution in [3.63, 3.8) is 0 Å². The van der Waals surface area contributed by atoms with E-state index in [0.717, 1.165) is 21.5 Å². The highest BCUT2D eigenvalue weighted by Gasteiger charge is 2.11. The Kier molecular flexibility index (Phi) is 6.20. The van der Waals surface area contributed by atoms with E-state index in [1.807, 2.05) is 48.5 Å². The van der Waals surface area contributed by atoms with E-state index in [2.05, 4.69) is 41.2 Å². The van der Waals surface area contributed by atoms with E-state index >= 15 is 0 Å². The van der Waals surface area contributed by atoms with E-state index in [4.69, 9.17) is 4.74 Å². The molecular formula is C21H16BrN5O2S. The largest absolute Gasteiger partial charge is 0.497 e. The number of halogens is 1. The van der Waals surface area contributed by atoms with Crippen molar-refractivity contribution in [2.24, 2.45) is 0 Å². The molecule has 0 aliphatic rings. The van der Waals surface area contributed by atoms with Gasteiger partial charge in [0.05, 0.1) is 18.2 Å². The maximum atomic E-state index is 12.3.